The van der Waals surface area contributed by atoms with Crippen molar-refractivity contribution in [3.63, 3.8) is 0 Å². The lowest BCUT2D eigenvalue weighted by Crippen LogP contribution is -2.43. The second-order valence-electron chi connectivity index (χ2n) is 22.6. The van der Waals surface area contributed by atoms with Gasteiger partial charge in [-0.2, -0.15) is 0 Å². The molecule has 4 aromatic heterocycles. The zero-order valence-electron chi connectivity index (χ0n) is 43.7. The number of halogens is 4. The van der Waals surface area contributed by atoms with E-state index in [1.807, 2.05) is 12.4 Å². The average Bonchev–Trinajstić information content (AvgIpc) is 3.83. The summed E-state index contributed by atoms with van der Waals surface area (Å²) in [5.74, 6) is 0.481. The monoisotopic (exact) mass is 1030 g/mol. The minimum atomic E-state index is -0.00101. The lowest BCUT2D eigenvalue weighted by Gasteiger charge is -2.34. The Morgan fingerprint density at radius 2 is 1.06 bits per heavy atom. The number of nitrogens with one attached hydrogen (secondary N) is 2. The quantitative estimate of drug-likeness (QED) is 0.181. The fourth-order valence-electron chi connectivity index (χ4n) is 9.24. The number of rotatable bonds is 6. The summed E-state index contributed by atoms with van der Waals surface area (Å²) in [6, 6.07) is 8.45. The van der Waals surface area contributed by atoms with E-state index in [2.05, 4.69) is 153 Å². The number of anilines is 1. The van der Waals surface area contributed by atoms with Crippen molar-refractivity contribution in [2.45, 2.75) is 130 Å². The summed E-state index contributed by atoms with van der Waals surface area (Å²) in [6.45, 7) is 41.8. The smallest absolute Gasteiger partial charge is 0.134 e. The summed E-state index contributed by atoms with van der Waals surface area (Å²) in [5.41, 5.74) is 9.81. The number of morpholine rings is 1. The number of piperazine rings is 2. The molecule has 1 atom stereocenters. The average molecular weight is 1030 g/mol. The molecule has 4 aromatic rings. The van der Waals surface area contributed by atoms with Crippen molar-refractivity contribution in [3.8, 4) is 0 Å². The van der Waals surface area contributed by atoms with Crippen LogP contribution in [0, 0.1) is 0 Å². The van der Waals surface area contributed by atoms with Crippen LogP contribution in [-0.2, 0) is 44.2 Å². The molecule has 0 aromatic carbocycles. The molecule has 0 aliphatic carbocycles. The van der Waals surface area contributed by atoms with Gasteiger partial charge in [0.25, 0.3) is 0 Å². The molecule has 4 fully saturated rings. The van der Waals surface area contributed by atoms with E-state index in [0.717, 1.165) is 123 Å². The Morgan fingerprint density at radius 1 is 0.551 bits per heavy atom. The molecule has 0 radical (unpaired) electrons. The van der Waals surface area contributed by atoms with Crippen molar-refractivity contribution in [2.75, 3.05) is 96.8 Å². The predicted molar refractivity (Wildman–Crippen MR) is 289 cm³/mol. The van der Waals surface area contributed by atoms with Crippen LogP contribution >= 0.6 is 46.4 Å². The number of ether oxygens (including phenoxy) is 2. The Kier molecular flexibility index (Phi) is 21.4. The Balaban J connectivity index is 0.000000172. The number of hydrogen-bond acceptors (Lipinski definition) is 11. The molecule has 8 rings (SSSR count). The Labute approximate surface area is 435 Å². The van der Waals surface area contributed by atoms with Gasteiger partial charge in [0.2, 0.25) is 0 Å². The number of pyridine rings is 4. The summed E-state index contributed by atoms with van der Waals surface area (Å²) < 4.78 is 10.8. The minimum absolute atomic E-state index is 0.00101. The topological polar surface area (TPSA) is 104 Å². The molecule has 11 nitrogen and oxygen atoms in total. The fraction of sp³-hybridized carbons (Fsp3) is 0.630. The van der Waals surface area contributed by atoms with Crippen molar-refractivity contribution in [1.29, 1.82) is 0 Å². The van der Waals surface area contributed by atoms with Crippen LogP contribution in [0.25, 0.3) is 0 Å². The molecule has 4 saturated heterocycles. The van der Waals surface area contributed by atoms with E-state index in [4.69, 9.17) is 55.9 Å². The predicted octanol–water partition coefficient (Wildman–Crippen LogP) is 11.3. The first kappa shape index (κ1) is 57.2. The van der Waals surface area contributed by atoms with Gasteiger partial charge < -0.3 is 25.0 Å². The summed E-state index contributed by atoms with van der Waals surface area (Å²) in [7, 11) is 0. The van der Waals surface area contributed by atoms with Crippen LogP contribution in [-0.4, -0.2) is 122 Å². The van der Waals surface area contributed by atoms with Gasteiger partial charge in [-0.1, -0.05) is 129 Å². The molecule has 0 bridgehead atoms. The molecule has 1 unspecified atom stereocenters. The third-order valence-electron chi connectivity index (χ3n) is 12.7. The van der Waals surface area contributed by atoms with E-state index < -0.39 is 0 Å². The van der Waals surface area contributed by atoms with Gasteiger partial charge in [-0.3, -0.25) is 9.80 Å². The lowest BCUT2D eigenvalue weighted by atomic mass is 9.81. The first-order valence-corrected chi connectivity index (χ1v) is 26.3. The van der Waals surface area contributed by atoms with Crippen molar-refractivity contribution >= 4 is 52.1 Å². The van der Waals surface area contributed by atoms with Gasteiger partial charge >= 0.3 is 0 Å². The molecule has 0 saturated carbocycles. The number of hydrogen-bond donors (Lipinski definition) is 2. The maximum Gasteiger partial charge on any atom is 0.134 e. The van der Waals surface area contributed by atoms with Crippen LogP contribution in [0.2, 0.25) is 20.6 Å². The van der Waals surface area contributed by atoms with Gasteiger partial charge in [0.15, 0.2) is 0 Å². The van der Waals surface area contributed by atoms with Crippen LogP contribution in [0.15, 0.2) is 49.1 Å². The van der Waals surface area contributed by atoms with Crippen molar-refractivity contribution in [3.05, 3.63) is 109 Å². The van der Waals surface area contributed by atoms with Crippen LogP contribution in [0.1, 0.15) is 134 Å². The molecule has 4 aliphatic rings. The number of aromatic nitrogens is 4. The summed E-state index contributed by atoms with van der Waals surface area (Å²) >= 11 is 25.0. The van der Waals surface area contributed by atoms with E-state index in [1.54, 1.807) is 12.4 Å². The highest BCUT2D eigenvalue weighted by Gasteiger charge is 2.29. The third kappa shape index (κ3) is 17.2. The molecule has 0 spiro atoms. The summed E-state index contributed by atoms with van der Waals surface area (Å²) in [5, 5.41) is 9.27. The normalized spacial score (nSPS) is 18.6. The molecule has 15 heteroatoms. The van der Waals surface area contributed by atoms with Gasteiger partial charge in [-0.25, -0.2) is 19.9 Å². The molecule has 69 heavy (non-hydrogen) atoms. The lowest BCUT2D eigenvalue weighted by molar-refractivity contribution is 0.122. The van der Waals surface area contributed by atoms with E-state index in [0.29, 0.717) is 26.5 Å². The zero-order chi connectivity index (χ0) is 50.6. The molecule has 2 N–H and O–H groups in total. The molecule has 8 heterocycles. The highest BCUT2D eigenvalue weighted by molar-refractivity contribution is 6.31. The van der Waals surface area contributed by atoms with Crippen molar-refractivity contribution in [2.24, 2.45) is 0 Å². The first-order chi connectivity index (χ1) is 32.4. The van der Waals surface area contributed by atoms with Crippen molar-refractivity contribution in [1.82, 2.24) is 40.4 Å². The summed E-state index contributed by atoms with van der Waals surface area (Å²) in [4.78, 5) is 24.2. The standard InChI is InChI=1S/2C14H22ClN3.C13H19ClN2O.C13H18ClNO/c1-14(2,3)12-8-11(9-17-13(12)15)10-18-6-4-16-5-7-18;1-14(2,3)12-11(4-5-17-13(12)15)10-18-8-6-16-7-9-18;1-13(2,3)11-10(4-5-15-12(11)14)16-6-8-17-9-7-16;1-13(2,3)11-10(4-6-15-12(11)14)9-5-7-16-8-9/h8-9,16H,4-7,10H2,1-3H3;4-5,16H,6-10H2,1-3H3;4-5H,6-9H2,1-3H3;4,6,9H,5,7-8H2,1-3H3. The van der Waals surface area contributed by atoms with E-state index >= 15 is 0 Å². The summed E-state index contributed by atoms with van der Waals surface area (Å²) in [6.07, 6.45) is 8.38. The maximum absolute atomic E-state index is 6.29. The van der Waals surface area contributed by atoms with Gasteiger partial charge in [-0.05, 0) is 85.7 Å². The first-order valence-electron chi connectivity index (χ1n) is 24.8. The molecule has 382 valence electrons. The second-order valence-corrected chi connectivity index (χ2v) is 24.0. The van der Waals surface area contributed by atoms with E-state index in [-0.39, 0.29) is 21.7 Å². The van der Waals surface area contributed by atoms with Crippen LogP contribution in [0.5, 0.6) is 0 Å². The zero-order valence-corrected chi connectivity index (χ0v) is 46.7. The molecular weight excluding hydrogens is 948 g/mol. The Bertz CT molecular complexity index is 2210. The van der Waals surface area contributed by atoms with Crippen LogP contribution in [0.3, 0.4) is 0 Å². The second kappa shape index (κ2) is 25.8. The molecule has 4 aliphatic heterocycles. The van der Waals surface area contributed by atoms with Gasteiger partial charge in [0.1, 0.15) is 20.6 Å². The van der Waals surface area contributed by atoms with Gasteiger partial charge in [0, 0.05) is 127 Å². The highest BCUT2D eigenvalue weighted by Crippen LogP contribution is 2.39. The fourth-order valence-corrected chi connectivity index (χ4v) is 11.0. The Hall–Kier alpha value is -2.68. The largest absolute Gasteiger partial charge is 0.381 e. The Morgan fingerprint density at radius 3 is 1.58 bits per heavy atom. The van der Waals surface area contributed by atoms with E-state index in [9.17, 15) is 0 Å². The highest BCUT2D eigenvalue weighted by atomic mass is 35.5. The van der Waals surface area contributed by atoms with Gasteiger partial charge in [0.05, 0.1) is 19.8 Å². The minimum Gasteiger partial charge on any atom is -0.381 e. The molecular formula is C54H81Cl4N9O2. The van der Waals surface area contributed by atoms with Crippen molar-refractivity contribution < 1.29 is 9.47 Å². The SMILES string of the molecule is CC(C)(C)c1c(C2CCOC2)ccnc1Cl.CC(C)(C)c1c(CN2CCNCC2)ccnc1Cl.CC(C)(C)c1c(N2CCOCC2)ccnc1Cl.CC(C)(C)c1cc(CN2CCNCC2)cnc1Cl. The van der Waals surface area contributed by atoms with Gasteiger partial charge in [-0.15, -0.1) is 0 Å². The number of nitrogens with zero attached hydrogens (tertiary/aromatic N) is 7. The van der Waals surface area contributed by atoms with E-state index in [1.165, 1.54) is 33.5 Å². The maximum atomic E-state index is 6.29. The van der Waals surface area contributed by atoms with Crippen LogP contribution in [0.4, 0.5) is 5.69 Å². The third-order valence-corrected chi connectivity index (χ3v) is 13.9. The van der Waals surface area contributed by atoms with Crippen LogP contribution < -0.4 is 15.5 Å². The molecule has 0 amide bonds.